The van der Waals surface area contributed by atoms with Crippen LogP contribution in [0.1, 0.15) is 10.6 Å². The van der Waals surface area contributed by atoms with Gasteiger partial charge >= 0.3 is 0 Å². The smallest absolute Gasteiger partial charge is 0.291 e. The van der Waals surface area contributed by atoms with Crippen molar-refractivity contribution in [1.82, 2.24) is 9.97 Å². The van der Waals surface area contributed by atoms with Crippen molar-refractivity contribution in [3.8, 4) is 0 Å². The quantitative estimate of drug-likeness (QED) is 0.745. The van der Waals surface area contributed by atoms with Gasteiger partial charge in [0.25, 0.3) is 5.91 Å². The third-order valence-electron chi connectivity index (χ3n) is 2.47. The number of hydrogen-bond donors (Lipinski definition) is 1. The highest BCUT2D eigenvalue weighted by molar-refractivity contribution is 6.04. The molecule has 0 spiro atoms. The molecule has 5 heteroatoms. The third kappa shape index (κ3) is 1.93. The standard InChI is InChI=1S/C13H9N3O2/c17-13(16-10-6-14-8-15-7-10)12-5-9-3-1-2-4-11(9)18-12/h1-8H,(H,16,17). The first-order valence-corrected chi connectivity index (χ1v) is 5.38. The molecule has 88 valence electrons. The summed E-state index contributed by atoms with van der Waals surface area (Å²) < 4.78 is 5.45. The second-order valence-corrected chi connectivity index (χ2v) is 3.73. The summed E-state index contributed by atoms with van der Waals surface area (Å²) >= 11 is 0. The molecular weight excluding hydrogens is 230 g/mol. The molecule has 0 aliphatic heterocycles. The van der Waals surface area contributed by atoms with E-state index in [4.69, 9.17) is 4.42 Å². The van der Waals surface area contributed by atoms with Crippen LogP contribution in [0.15, 0.2) is 53.5 Å². The van der Waals surface area contributed by atoms with Crippen LogP contribution in [0, 0.1) is 0 Å². The zero-order valence-electron chi connectivity index (χ0n) is 9.33. The van der Waals surface area contributed by atoms with Gasteiger partial charge in [-0.25, -0.2) is 9.97 Å². The Hall–Kier alpha value is -2.69. The fourth-order valence-electron chi connectivity index (χ4n) is 1.65. The van der Waals surface area contributed by atoms with E-state index in [2.05, 4.69) is 15.3 Å². The molecule has 1 amide bonds. The molecule has 5 nitrogen and oxygen atoms in total. The molecule has 2 heterocycles. The Morgan fingerprint density at radius 2 is 1.94 bits per heavy atom. The number of nitrogens with zero attached hydrogens (tertiary/aromatic N) is 2. The second-order valence-electron chi connectivity index (χ2n) is 3.73. The first kappa shape index (κ1) is 10.5. The molecule has 3 aromatic rings. The van der Waals surface area contributed by atoms with E-state index in [0.29, 0.717) is 11.3 Å². The topological polar surface area (TPSA) is 68.0 Å². The van der Waals surface area contributed by atoms with Gasteiger partial charge in [0.2, 0.25) is 0 Å². The van der Waals surface area contributed by atoms with Crippen LogP contribution >= 0.6 is 0 Å². The van der Waals surface area contributed by atoms with Gasteiger partial charge in [0, 0.05) is 5.39 Å². The average Bonchev–Trinajstić information content (AvgIpc) is 2.84. The highest BCUT2D eigenvalue weighted by Crippen LogP contribution is 2.19. The fraction of sp³-hybridized carbons (Fsp3) is 0. The number of aromatic nitrogens is 2. The van der Waals surface area contributed by atoms with Crippen molar-refractivity contribution in [3.05, 3.63) is 54.8 Å². The van der Waals surface area contributed by atoms with E-state index in [1.54, 1.807) is 6.07 Å². The molecule has 18 heavy (non-hydrogen) atoms. The van der Waals surface area contributed by atoms with E-state index < -0.39 is 0 Å². The van der Waals surface area contributed by atoms with Gasteiger partial charge in [-0.3, -0.25) is 4.79 Å². The fourth-order valence-corrected chi connectivity index (χ4v) is 1.65. The van der Waals surface area contributed by atoms with Gasteiger partial charge < -0.3 is 9.73 Å². The van der Waals surface area contributed by atoms with Gasteiger partial charge in [0.1, 0.15) is 11.9 Å². The Kier molecular flexibility index (Phi) is 2.49. The number of hydrogen-bond acceptors (Lipinski definition) is 4. The number of carbonyl (C=O) groups excluding carboxylic acids is 1. The lowest BCUT2D eigenvalue weighted by Gasteiger charge is -2.00. The molecule has 0 aliphatic carbocycles. The van der Waals surface area contributed by atoms with E-state index >= 15 is 0 Å². The van der Waals surface area contributed by atoms with Crippen LogP contribution in [0.5, 0.6) is 0 Å². The number of carbonyl (C=O) groups is 1. The lowest BCUT2D eigenvalue weighted by molar-refractivity contribution is 0.0998. The molecule has 0 saturated heterocycles. The number of benzene rings is 1. The van der Waals surface area contributed by atoms with Gasteiger partial charge in [-0.1, -0.05) is 18.2 Å². The van der Waals surface area contributed by atoms with Crippen molar-refractivity contribution >= 4 is 22.6 Å². The lowest BCUT2D eigenvalue weighted by Crippen LogP contribution is -2.11. The monoisotopic (exact) mass is 239 g/mol. The highest BCUT2D eigenvalue weighted by atomic mass is 16.3. The Morgan fingerprint density at radius 1 is 1.17 bits per heavy atom. The van der Waals surface area contributed by atoms with Crippen LogP contribution in [0.3, 0.4) is 0 Å². The molecule has 2 aromatic heterocycles. The zero-order chi connectivity index (χ0) is 12.4. The van der Waals surface area contributed by atoms with Crippen molar-refractivity contribution in [3.63, 3.8) is 0 Å². The minimum absolute atomic E-state index is 0.264. The molecule has 0 atom stereocenters. The molecule has 0 unspecified atom stereocenters. The third-order valence-corrected chi connectivity index (χ3v) is 2.47. The molecule has 0 radical (unpaired) electrons. The maximum absolute atomic E-state index is 11.9. The second kappa shape index (κ2) is 4.29. The number of fused-ring (bicyclic) bond motifs is 1. The van der Waals surface area contributed by atoms with Crippen molar-refractivity contribution in [2.75, 3.05) is 5.32 Å². The number of para-hydroxylation sites is 1. The number of amides is 1. The van der Waals surface area contributed by atoms with Gasteiger partial charge in [-0.05, 0) is 12.1 Å². The minimum Gasteiger partial charge on any atom is -0.451 e. The molecule has 1 N–H and O–H groups in total. The summed E-state index contributed by atoms with van der Waals surface area (Å²) in [6.45, 7) is 0. The van der Waals surface area contributed by atoms with Gasteiger partial charge in [-0.15, -0.1) is 0 Å². The van der Waals surface area contributed by atoms with Crippen molar-refractivity contribution in [2.24, 2.45) is 0 Å². The van der Waals surface area contributed by atoms with Crippen molar-refractivity contribution in [1.29, 1.82) is 0 Å². The Bertz CT molecular complexity index is 659. The number of nitrogens with one attached hydrogen (secondary N) is 1. The zero-order valence-corrected chi connectivity index (χ0v) is 9.33. The molecular formula is C13H9N3O2. The minimum atomic E-state index is -0.319. The van der Waals surface area contributed by atoms with Crippen LogP contribution in [-0.4, -0.2) is 15.9 Å². The van der Waals surface area contributed by atoms with E-state index in [9.17, 15) is 4.79 Å². The Labute approximate surface area is 102 Å². The predicted octanol–water partition coefficient (Wildman–Crippen LogP) is 2.48. The summed E-state index contributed by atoms with van der Waals surface area (Å²) in [6, 6.07) is 9.16. The molecule has 0 bridgehead atoms. The summed E-state index contributed by atoms with van der Waals surface area (Å²) in [5.74, 6) is -0.0546. The lowest BCUT2D eigenvalue weighted by atomic mass is 10.2. The number of furan rings is 1. The Balaban J connectivity index is 1.88. The summed E-state index contributed by atoms with van der Waals surface area (Å²) in [6.07, 6.45) is 4.44. The van der Waals surface area contributed by atoms with Crippen LogP contribution in [0.4, 0.5) is 5.69 Å². The van der Waals surface area contributed by atoms with E-state index in [1.165, 1.54) is 18.7 Å². The van der Waals surface area contributed by atoms with E-state index in [0.717, 1.165) is 5.39 Å². The largest absolute Gasteiger partial charge is 0.451 e. The van der Waals surface area contributed by atoms with Gasteiger partial charge in [0.05, 0.1) is 18.1 Å². The number of anilines is 1. The molecule has 3 rings (SSSR count). The summed E-state index contributed by atoms with van der Waals surface area (Å²) in [5, 5.41) is 3.56. The molecule has 0 fully saturated rings. The van der Waals surface area contributed by atoms with Crippen LogP contribution in [-0.2, 0) is 0 Å². The van der Waals surface area contributed by atoms with E-state index in [-0.39, 0.29) is 11.7 Å². The van der Waals surface area contributed by atoms with Crippen molar-refractivity contribution in [2.45, 2.75) is 0 Å². The predicted molar refractivity (Wildman–Crippen MR) is 66.2 cm³/mol. The van der Waals surface area contributed by atoms with E-state index in [1.807, 2.05) is 24.3 Å². The van der Waals surface area contributed by atoms with Crippen molar-refractivity contribution < 1.29 is 9.21 Å². The van der Waals surface area contributed by atoms with Crippen LogP contribution in [0.25, 0.3) is 11.0 Å². The first-order valence-electron chi connectivity index (χ1n) is 5.38. The highest BCUT2D eigenvalue weighted by Gasteiger charge is 2.12. The van der Waals surface area contributed by atoms with Gasteiger partial charge in [0.15, 0.2) is 5.76 Å². The molecule has 1 aromatic carbocycles. The maximum atomic E-state index is 11.9. The van der Waals surface area contributed by atoms with Crippen LogP contribution < -0.4 is 5.32 Å². The summed E-state index contributed by atoms with van der Waals surface area (Å²) in [4.78, 5) is 19.6. The van der Waals surface area contributed by atoms with Crippen LogP contribution in [0.2, 0.25) is 0 Å². The van der Waals surface area contributed by atoms with Gasteiger partial charge in [-0.2, -0.15) is 0 Å². The SMILES string of the molecule is O=C(Nc1cncnc1)c1cc2ccccc2o1. The molecule has 0 saturated carbocycles. The summed E-state index contributed by atoms with van der Waals surface area (Å²) in [7, 11) is 0. The first-order chi connectivity index (χ1) is 8.83. The Morgan fingerprint density at radius 3 is 2.72 bits per heavy atom. The maximum Gasteiger partial charge on any atom is 0.291 e. The number of rotatable bonds is 2. The summed E-state index contributed by atoms with van der Waals surface area (Å²) in [5.41, 5.74) is 1.22. The normalized spacial score (nSPS) is 10.4. The molecule has 0 aliphatic rings. The average molecular weight is 239 g/mol.